The lowest BCUT2D eigenvalue weighted by molar-refractivity contribution is -0.112. The molecule has 4 aromatic rings. The van der Waals surface area contributed by atoms with Gasteiger partial charge in [0.25, 0.3) is 11.7 Å². The number of carbonyl (C=O) groups is 2. The number of hydrogen-bond acceptors (Lipinski definition) is 4. The van der Waals surface area contributed by atoms with Crippen LogP contribution in [0.25, 0.3) is 10.9 Å². The van der Waals surface area contributed by atoms with E-state index < -0.39 is 23.3 Å². The Morgan fingerprint density at radius 3 is 2.38 bits per heavy atom. The van der Waals surface area contributed by atoms with Crippen LogP contribution in [-0.2, 0) is 11.3 Å². The fourth-order valence-electron chi connectivity index (χ4n) is 3.27. The van der Waals surface area contributed by atoms with E-state index in [2.05, 4.69) is 10.3 Å². The van der Waals surface area contributed by atoms with E-state index in [0.29, 0.717) is 5.52 Å². The number of aromatic hydroxyl groups is 1. The van der Waals surface area contributed by atoms with Crippen LogP contribution in [0, 0.1) is 11.6 Å². The molecule has 0 aliphatic heterocycles. The van der Waals surface area contributed by atoms with Crippen molar-refractivity contribution in [2.75, 3.05) is 5.32 Å². The highest BCUT2D eigenvalue weighted by molar-refractivity contribution is 6.50. The number of pyridine rings is 1. The van der Waals surface area contributed by atoms with Gasteiger partial charge in [-0.2, -0.15) is 0 Å². The van der Waals surface area contributed by atoms with E-state index in [1.54, 1.807) is 0 Å². The average molecular weight is 476 g/mol. The highest BCUT2D eigenvalue weighted by Crippen LogP contribution is 2.30. The first-order valence-electron chi connectivity index (χ1n) is 9.15. The molecule has 2 aromatic carbocycles. The van der Waals surface area contributed by atoms with E-state index in [9.17, 15) is 23.5 Å². The number of aromatic nitrogens is 2. The van der Waals surface area contributed by atoms with Gasteiger partial charge in [-0.25, -0.2) is 8.78 Å². The van der Waals surface area contributed by atoms with E-state index in [0.717, 1.165) is 12.1 Å². The first-order chi connectivity index (χ1) is 15.3. The molecule has 0 saturated heterocycles. The Balaban J connectivity index is 1.75. The zero-order valence-electron chi connectivity index (χ0n) is 16.1. The highest BCUT2D eigenvalue weighted by atomic mass is 35.5. The molecule has 2 aromatic heterocycles. The number of nitrogens with one attached hydrogen (secondary N) is 1. The van der Waals surface area contributed by atoms with Crippen LogP contribution in [0.5, 0.6) is 5.75 Å². The molecule has 0 radical (unpaired) electrons. The highest BCUT2D eigenvalue weighted by Gasteiger charge is 2.24. The Bertz CT molecular complexity index is 1350. The van der Waals surface area contributed by atoms with Gasteiger partial charge in [0, 0.05) is 35.1 Å². The molecule has 2 N–H and O–H groups in total. The number of rotatable bonds is 5. The van der Waals surface area contributed by atoms with Crippen LogP contribution >= 0.6 is 23.2 Å². The van der Waals surface area contributed by atoms with Gasteiger partial charge in [-0.05, 0) is 30.3 Å². The van der Waals surface area contributed by atoms with E-state index in [4.69, 9.17) is 23.2 Å². The maximum Gasteiger partial charge on any atom is 0.296 e. The third kappa shape index (κ3) is 4.02. The van der Waals surface area contributed by atoms with Gasteiger partial charge in [-0.3, -0.25) is 14.6 Å². The Hall–Kier alpha value is -3.49. The molecular weight excluding hydrogens is 463 g/mol. The monoisotopic (exact) mass is 475 g/mol. The molecule has 0 aliphatic carbocycles. The first-order valence-corrected chi connectivity index (χ1v) is 9.91. The molecule has 1 amide bonds. The summed E-state index contributed by atoms with van der Waals surface area (Å²) in [5, 5.41) is 12.5. The average Bonchev–Trinajstić information content (AvgIpc) is 3.10. The lowest BCUT2D eigenvalue weighted by Gasteiger charge is -2.08. The predicted octanol–water partition coefficient (Wildman–Crippen LogP) is 5.20. The van der Waals surface area contributed by atoms with Crippen LogP contribution in [0.2, 0.25) is 10.0 Å². The maximum absolute atomic E-state index is 14.2. The number of benzene rings is 2. The van der Waals surface area contributed by atoms with Crippen molar-refractivity contribution in [3.63, 3.8) is 0 Å². The van der Waals surface area contributed by atoms with Gasteiger partial charge in [0.1, 0.15) is 17.4 Å². The largest absolute Gasteiger partial charge is 0.508 e. The molecule has 6 nitrogen and oxygen atoms in total. The van der Waals surface area contributed by atoms with Crippen molar-refractivity contribution >= 4 is 51.5 Å². The molecule has 2 heterocycles. The molecule has 0 bridgehead atoms. The molecule has 0 spiro atoms. The van der Waals surface area contributed by atoms with E-state index in [-0.39, 0.29) is 44.5 Å². The minimum Gasteiger partial charge on any atom is -0.508 e. The van der Waals surface area contributed by atoms with Gasteiger partial charge in [-0.15, -0.1) is 0 Å². The topological polar surface area (TPSA) is 84.2 Å². The number of nitrogens with zero attached hydrogens (tertiary/aromatic N) is 2. The van der Waals surface area contributed by atoms with Crippen molar-refractivity contribution in [2.24, 2.45) is 0 Å². The molecule has 0 saturated carbocycles. The summed E-state index contributed by atoms with van der Waals surface area (Å²) in [7, 11) is 0. The van der Waals surface area contributed by atoms with Gasteiger partial charge < -0.3 is 15.0 Å². The van der Waals surface area contributed by atoms with Crippen LogP contribution in [-0.4, -0.2) is 26.3 Å². The predicted molar refractivity (Wildman–Crippen MR) is 116 cm³/mol. The van der Waals surface area contributed by atoms with Gasteiger partial charge in [0.15, 0.2) is 0 Å². The third-order valence-electron chi connectivity index (χ3n) is 4.80. The standard InChI is InChI=1S/C22H13Cl2F2N3O3/c23-15-7-27-8-16(24)20(15)28-22(32)21(31)13-9-29(19-5-4-11(30)6-12(13)19)10-14-17(25)2-1-3-18(14)26/h1-9,30H,10H2,(H,27,28,32). The number of fused-ring (bicyclic) bond motifs is 1. The Morgan fingerprint density at radius 1 is 1.06 bits per heavy atom. The third-order valence-corrected chi connectivity index (χ3v) is 5.37. The Morgan fingerprint density at radius 2 is 1.72 bits per heavy atom. The van der Waals surface area contributed by atoms with Gasteiger partial charge in [0.2, 0.25) is 0 Å². The molecule has 0 atom stereocenters. The molecular formula is C22H13Cl2F2N3O3. The van der Waals surface area contributed by atoms with Crippen molar-refractivity contribution in [3.8, 4) is 5.75 Å². The maximum atomic E-state index is 14.2. The SMILES string of the molecule is O=C(Nc1c(Cl)cncc1Cl)C(=O)c1cn(Cc2c(F)cccc2F)c2ccc(O)cc12. The summed E-state index contributed by atoms with van der Waals surface area (Å²) in [6.45, 7) is -0.239. The summed E-state index contributed by atoms with van der Waals surface area (Å²) in [6, 6.07) is 7.62. The second kappa shape index (κ2) is 8.57. The fraction of sp³-hybridized carbons (Fsp3) is 0.0455. The number of halogens is 4. The minimum absolute atomic E-state index is 0.0155. The number of phenolic OH excluding ortho intramolecular Hbond substituents is 1. The van der Waals surface area contributed by atoms with Crippen molar-refractivity contribution < 1.29 is 23.5 Å². The number of phenols is 1. The summed E-state index contributed by atoms with van der Waals surface area (Å²) < 4.78 is 29.7. The summed E-state index contributed by atoms with van der Waals surface area (Å²) in [4.78, 5) is 29.3. The molecule has 0 aliphatic rings. The van der Waals surface area contributed by atoms with Crippen LogP contribution in [0.3, 0.4) is 0 Å². The lowest BCUT2D eigenvalue weighted by atomic mass is 10.1. The van der Waals surface area contributed by atoms with E-state index >= 15 is 0 Å². The van der Waals surface area contributed by atoms with Gasteiger partial charge >= 0.3 is 0 Å². The Kier molecular flexibility index (Phi) is 5.82. The van der Waals surface area contributed by atoms with Crippen LogP contribution in [0.1, 0.15) is 15.9 Å². The van der Waals surface area contributed by atoms with Crippen molar-refractivity contribution in [3.05, 3.63) is 87.8 Å². The smallest absolute Gasteiger partial charge is 0.296 e. The van der Waals surface area contributed by atoms with E-state index in [1.165, 1.54) is 47.4 Å². The molecule has 4 rings (SSSR count). The summed E-state index contributed by atoms with van der Waals surface area (Å²) >= 11 is 12.0. The molecule has 0 fully saturated rings. The number of hydrogen-bond donors (Lipinski definition) is 2. The zero-order valence-corrected chi connectivity index (χ0v) is 17.6. The molecule has 0 unspecified atom stereocenters. The second-order valence-corrected chi connectivity index (χ2v) is 7.65. The number of ketones is 1. The van der Waals surface area contributed by atoms with Crippen molar-refractivity contribution in [1.82, 2.24) is 9.55 Å². The number of anilines is 1. The molecule has 10 heteroatoms. The second-order valence-electron chi connectivity index (χ2n) is 6.83. The van der Waals surface area contributed by atoms with Gasteiger partial charge in [0.05, 0.1) is 27.8 Å². The number of Topliss-reactive ketones (excluding diaryl/α,β-unsaturated/α-hetero) is 1. The number of amides is 1. The van der Waals surface area contributed by atoms with Gasteiger partial charge in [-0.1, -0.05) is 29.3 Å². The minimum atomic E-state index is -1.04. The van der Waals surface area contributed by atoms with Crippen molar-refractivity contribution in [2.45, 2.75) is 6.54 Å². The quantitative estimate of drug-likeness (QED) is 0.307. The van der Waals surface area contributed by atoms with Crippen LogP contribution < -0.4 is 5.32 Å². The number of carbonyl (C=O) groups excluding carboxylic acids is 2. The molecule has 32 heavy (non-hydrogen) atoms. The van der Waals surface area contributed by atoms with Crippen LogP contribution in [0.4, 0.5) is 14.5 Å². The van der Waals surface area contributed by atoms with Crippen LogP contribution in [0.15, 0.2) is 55.0 Å². The first kappa shape index (κ1) is 21.7. The van der Waals surface area contributed by atoms with E-state index in [1.807, 2.05) is 0 Å². The summed E-state index contributed by atoms with van der Waals surface area (Å²) in [5.74, 6) is -3.66. The molecule has 162 valence electrons. The summed E-state index contributed by atoms with van der Waals surface area (Å²) in [5.41, 5.74) is 0.117. The van der Waals surface area contributed by atoms with Crippen molar-refractivity contribution in [1.29, 1.82) is 0 Å². The fourth-order valence-corrected chi connectivity index (χ4v) is 3.73. The summed E-state index contributed by atoms with van der Waals surface area (Å²) in [6.07, 6.45) is 3.80. The Labute approximate surface area is 190 Å². The zero-order chi connectivity index (χ0) is 23.0. The normalized spacial score (nSPS) is 11.0. The lowest BCUT2D eigenvalue weighted by Crippen LogP contribution is -2.23.